The molecule has 22 heavy (non-hydrogen) atoms. The molecule has 3 nitrogen and oxygen atoms in total. The van der Waals surface area contributed by atoms with Crippen molar-refractivity contribution in [1.29, 1.82) is 0 Å². The highest BCUT2D eigenvalue weighted by Gasteiger charge is 2.41. The minimum Gasteiger partial charge on any atom is -0.491 e. The van der Waals surface area contributed by atoms with E-state index >= 15 is 0 Å². The van der Waals surface area contributed by atoms with Gasteiger partial charge in [0, 0.05) is 19.0 Å². The molecule has 0 spiro atoms. The summed E-state index contributed by atoms with van der Waals surface area (Å²) in [5, 5.41) is 11.2. The molecule has 2 aliphatic rings. The minimum atomic E-state index is -0.526. The van der Waals surface area contributed by atoms with Crippen LogP contribution in [0.5, 0.6) is 5.75 Å². The van der Waals surface area contributed by atoms with Crippen LogP contribution in [0, 0.1) is 0 Å². The van der Waals surface area contributed by atoms with Crippen LogP contribution in [0.2, 0.25) is 0 Å². The average molecular weight is 303 g/mol. The van der Waals surface area contributed by atoms with Gasteiger partial charge in [-0.3, -0.25) is 0 Å². The van der Waals surface area contributed by atoms with Crippen molar-refractivity contribution in [2.75, 3.05) is 13.6 Å². The molecular weight excluding hydrogens is 274 g/mol. The summed E-state index contributed by atoms with van der Waals surface area (Å²) in [4.78, 5) is 2.33. The summed E-state index contributed by atoms with van der Waals surface area (Å²) in [6.07, 6.45) is 5.64. The van der Waals surface area contributed by atoms with Gasteiger partial charge in [-0.1, -0.05) is 25.3 Å². The van der Waals surface area contributed by atoms with Gasteiger partial charge in [-0.05, 0) is 57.0 Å². The van der Waals surface area contributed by atoms with E-state index in [1.807, 2.05) is 0 Å². The lowest BCUT2D eigenvalue weighted by atomic mass is 9.70. The third kappa shape index (κ3) is 3.16. The molecule has 0 saturated heterocycles. The molecule has 1 N–H and O–H groups in total. The van der Waals surface area contributed by atoms with E-state index in [2.05, 4.69) is 44.0 Å². The lowest BCUT2D eigenvalue weighted by molar-refractivity contribution is -0.0333. The fourth-order valence-electron chi connectivity index (χ4n) is 4.14. The van der Waals surface area contributed by atoms with Gasteiger partial charge in [-0.15, -0.1) is 0 Å². The predicted molar refractivity (Wildman–Crippen MR) is 89.3 cm³/mol. The smallest absolute Gasteiger partial charge is 0.120 e. The van der Waals surface area contributed by atoms with E-state index in [-0.39, 0.29) is 12.0 Å². The van der Waals surface area contributed by atoms with E-state index in [1.54, 1.807) is 0 Å². The van der Waals surface area contributed by atoms with Crippen molar-refractivity contribution in [3.63, 3.8) is 0 Å². The summed E-state index contributed by atoms with van der Waals surface area (Å²) < 4.78 is 5.84. The molecule has 1 fully saturated rings. The molecule has 1 aromatic carbocycles. The fourth-order valence-corrected chi connectivity index (χ4v) is 4.14. The van der Waals surface area contributed by atoms with Crippen LogP contribution in [0.1, 0.15) is 63.0 Å². The van der Waals surface area contributed by atoms with Crippen molar-refractivity contribution in [3.05, 3.63) is 29.3 Å². The zero-order chi connectivity index (χ0) is 15.7. The van der Waals surface area contributed by atoms with Crippen molar-refractivity contribution in [1.82, 2.24) is 4.90 Å². The van der Waals surface area contributed by atoms with Gasteiger partial charge in [0.15, 0.2) is 0 Å². The fraction of sp³-hybridized carbons (Fsp3) is 0.684. The third-order valence-corrected chi connectivity index (χ3v) is 5.16. The first-order chi connectivity index (χ1) is 10.5. The Kier molecular flexibility index (Phi) is 4.47. The van der Waals surface area contributed by atoms with Gasteiger partial charge >= 0.3 is 0 Å². The van der Waals surface area contributed by atoms with Crippen molar-refractivity contribution in [2.45, 2.75) is 70.1 Å². The summed E-state index contributed by atoms with van der Waals surface area (Å²) in [6, 6.07) is 6.44. The largest absolute Gasteiger partial charge is 0.491 e. The molecular formula is C19H29NO2. The number of nitrogens with zero attached hydrogens (tertiary/aromatic N) is 1. The molecule has 1 aliphatic heterocycles. The summed E-state index contributed by atoms with van der Waals surface area (Å²) in [6.45, 7) is 6.00. The summed E-state index contributed by atoms with van der Waals surface area (Å²) >= 11 is 0. The quantitative estimate of drug-likeness (QED) is 0.924. The first-order valence-corrected chi connectivity index (χ1v) is 8.68. The van der Waals surface area contributed by atoms with Crippen LogP contribution in [0.3, 0.4) is 0 Å². The Hall–Kier alpha value is -1.06. The van der Waals surface area contributed by atoms with Crippen molar-refractivity contribution >= 4 is 0 Å². The van der Waals surface area contributed by atoms with Gasteiger partial charge < -0.3 is 14.7 Å². The molecule has 1 aromatic rings. The lowest BCUT2D eigenvalue weighted by Gasteiger charge is -2.44. The van der Waals surface area contributed by atoms with Crippen LogP contribution in [-0.4, -0.2) is 35.3 Å². The standard InChI is InChI=1S/C19H29NO2/c1-14(2)22-16-7-8-17-15(11-16)12-20(3)13-18(17)19(21)9-5-4-6-10-19/h7-8,11,14,18,21H,4-6,9-10,12-13H2,1-3H3. The van der Waals surface area contributed by atoms with Gasteiger partial charge in [-0.25, -0.2) is 0 Å². The molecule has 3 rings (SSSR count). The number of hydrogen-bond acceptors (Lipinski definition) is 3. The Labute approximate surface area is 134 Å². The molecule has 1 heterocycles. The Morgan fingerprint density at radius 1 is 1.23 bits per heavy atom. The van der Waals surface area contributed by atoms with Crippen LogP contribution in [0.15, 0.2) is 18.2 Å². The van der Waals surface area contributed by atoms with Crippen molar-refractivity contribution < 1.29 is 9.84 Å². The van der Waals surface area contributed by atoms with Gasteiger partial charge in [0.2, 0.25) is 0 Å². The number of rotatable bonds is 3. The molecule has 0 amide bonds. The summed E-state index contributed by atoms with van der Waals surface area (Å²) in [7, 11) is 2.15. The Bertz CT molecular complexity index is 520. The second-order valence-corrected chi connectivity index (χ2v) is 7.44. The SMILES string of the molecule is CC(C)Oc1ccc2c(c1)CN(C)CC2C1(O)CCCCC1. The number of aliphatic hydroxyl groups is 1. The van der Waals surface area contributed by atoms with Crippen LogP contribution in [0.4, 0.5) is 0 Å². The Morgan fingerprint density at radius 2 is 1.95 bits per heavy atom. The lowest BCUT2D eigenvalue weighted by Crippen LogP contribution is -2.46. The molecule has 3 heteroatoms. The zero-order valence-electron chi connectivity index (χ0n) is 14.1. The van der Waals surface area contributed by atoms with E-state index < -0.39 is 5.60 Å². The number of likely N-dealkylation sites (N-methyl/N-ethyl adjacent to an activating group) is 1. The van der Waals surface area contributed by atoms with Crippen LogP contribution in [-0.2, 0) is 6.54 Å². The molecule has 122 valence electrons. The van der Waals surface area contributed by atoms with E-state index in [0.717, 1.165) is 44.5 Å². The predicted octanol–water partition coefficient (Wildman–Crippen LogP) is 3.70. The second kappa shape index (κ2) is 6.21. The van der Waals surface area contributed by atoms with Gasteiger partial charge in [0.1, 0.15) is 5.75 Å². The maximum absolute atomic E-state index is 11.2. The van der Waals surface area contributed by atoms with Crippen LogP contribution >= 0.6 is 0 Å². The summed E-state index contributed by atoms with van der Waals surface area (Å²) in [5.74, 6) is 1.17. The van der Waals surface area contributed by atoms with E-state index in [0.29, 0.717) is 0 Å². The first kappa shape index (κ1) is 15.8. The molecule has 1 saturated carbocycles. The first-order valence-electron chi connectivity index (χ1n) is 8.68. The zero-order valence-corrected chi connectivity index (χ0v) is 14.1. The molecule has 0 bridgehead atoms. The molecule has 0 radical (unpaired) electrons. The highest BCUT2D eigenvalue weighted by atomic mass is 16.5. The third-order valence-electron chi connectivity index (χ3n) is 5.16. The topological polar surface area (TPSA) is 32.7 Å². The van der Waals surface area contributed by atoms with E-state index in [1.165, 1.54) is 17.5 Å². The second-order valence-electron chi connectivity index (χ2n) is 7.44. The van der Waals surface area contributed by atoms with Gasteiger partial charge in [-0.2, -0.15) is 0 Å². The molecule has 1 atom stereocenters. The maximum Gasteiger partial charge on any atom is 0.120 e. The Balaban J connectivity index is 1.92. The monoisotopic (exact) mass is 303 g/mol. The number of ether oxygens (including phenoxy) is 1. The molecule has 1 unspecified atom stereocenters. The summed E-state index contributed by atoms with van der Waals surface area (Å²) in [5.41, 5.74) is 2.12. The Morgan fingerprint density at radius 3 is 2.64 bits per heavy atom. The van der Waals surface area contributed by atoms with Crippen molar-refractivity contribution in [3.8, 4) is 5.75 Å². The van der Waals surface area contributed by atoms with E-state index in [9.17, 15) is 5.11 Å². The highest BCUT2D eigenvalue weighted by Crippen LogP contribution is 2.44. The maximum atomic E-state index is 11.2. The molecule has 0 aromatic heterocycles. The van der Waals surface area contributed by atoms with E-state index in [4.69, 9.17) is 4.74 Å². The normalized spacial score (nSPS) is 25.0. The van der Waals surface area contributed by atoms with Crippen LogP contribution < -0.4 is 4.74 Å². The van der Waals surface area contributed by atoms with Crippen LogP contribution in [0.25, 0.3) is 0 Å². The average Bonchev–Trinajstić information content (AvgIpc) is 2.46. The minimum absolute atomic E-state index is 0.192. The highest BCUT2D eigenvalue weighted by molar-refractivity contribution is 5.41. The van der Waals surface area contributed by atoms with Crippen molar-refractivity contribution in [2.24, 2.45) is 0 Å². The number of benzene rings is 1. The number of hydrogen-bond donors (Lipinski definition) is 1. The van der Waals surface area contributed by atoms with Gasteiger partial charge in [0.05, 0.1) is 11.7 Å². The van der Waals surface area contributed by atoms with Gasteiger partial charge in [0.25, 0.3) is 0 Å². The molecule has 1 aliphatic carbocycles. The number of fused-ring (bicyclic) bond motifs is 1.